The lowest BCUT2D eigenvalue weighted by Crippen LogP contribution is -2.11. The Balaban J connectivity index is 2.11. The summed E-state index contributed by atoms with van der Waals surface area (Å²) in [4.78, 5) is 26.8. The van der Waals surface area contributed by atoms with E-state index >= 15 is 0 Å². The van der Waals surface area contributed by atoms with Gasteiger partial charge in [-0.3, -0.25) is 14.9 Å². The first-order chi connectivity index (χ1) is 8.16. The molecule has 0 fully saturated rings. The first kappa shape index (κ1) is 11.3. The summed E-state index contributed by atoms with van der Waals surface area (Å²) in [7, 11) is 0. The number of aromatic nitrogens is 1. The summed E-state index contributed by atoms with van der Waals surface area (Å²) in [5, 5.41) is 2.95. The van der Waals surface area contributed by atoms with Crippen LogP contribution in [0.5, 0.6) is 0 Å². The number of amides is 2. The molecule has 0 atom stereocenters. The molecule has 6 heteroatoms. The number of anilines is 1. The molecular weight excluding hydrogens is 238 g/mol. The third kappa shape index (κ3) is 2.67. The average molecular weight is 247 g/mol. The highest BCUT2D eigenvalue weighted by Gasteiger charge is 2.10. The van der Waals surface area contributed by atoms with Crippen LogP contribution in [0.15, 0.2) is 36.5 Å². The maximum absolute atomic E-state index is 11.7. The van der Waals surface area contributed by atoms with Crippen molar-refractivity contribution in [3.63, 3.8) is 0 Å². The molecule has 0 saturated heterocycles. The molecule has 0 saturated carbocycles. The minimum atomic E-state index is -0.553. The number of nitrogens with zero attached hydrogens (tertiary/aromatic N) is 1. The van der Waals surface area contributed by atoms with Crippen molar-refractivity contribution in [3.8, 4) is 0 Å². The van der Waals surface area contributed by atoms with Crippen LogP contribution in [0.2, 0.25) is 0 Å². The highest BCUT2D eigenvalue weighted by Crippen LogP contribution is 2.18. The second-order valence-electron chi connectivity index (χ2n) is 3.21. The number of carbonyl (C=O) groups excluding carboxylic acids is 2. The van der Waals surface area contributed by atoms with E-state index in [2.05, 4.69) is 10.3 Å². The monoisotopic (exact) mass is 247 g/mol. The van der Waals surface area contributed by atoms with E-state index in [4.69, 9.17) is 5.73 Å². The maximum Gasteiger partial charge on any atom is 0.260 e. The molecule has 1 aromatic carbocycles. The fraction of sp³-hybridized carbons (Fsp3) is 0. The molecule has 0 aliphatic rings. The van der Waals surface area contributed by atoms with Crippen molar-refractivity contribution in [1.82, 2.24) is 4.98 Å². The van der Waals surface area contributed by atoms with E-state index in [1.54, 1.807) is 24.3 Å². The largest absolute Gasteiger partial charge is 0.365 e. The van der Waals surface area contributed by atoms with Crippen LogP contribution >= 0.6 is 11.3 Å². The van der Waals surface area contributed by atoms with Gasteiger partial charge in [0, 0.05) is 5.56 Å². The Bertz CT molecular complexity index is 551. The van der Waals surface area contributed by atoms with E-state index in [-0.39, 0.29) is 5.91 Å². The zero-order valence-corrected chi connectivity index (χ0v) is 9.53. The lowest BCUT2D eigenvalue weighted by Gasteiger charge is -2.00. The standard InChI is InChI=1S/C11H9N3O2S/c12-9(15)8-6-13-11(17-8)14-10(16)7-4-2-1-3-5-7/h1-6H,(H2,12,15)(H,13,14,16). The van der Waals surface area contributed by atoms with E-state index in [1.165, 1.54) is 6.20 Å². The highest BCUT2D eigenvalue weighted by molar-refractivity contribution is 7.17. The van der Waals surface area contributed by atoms with Gasteiger partial charge in [0.15, 0.2) is 5.13 Å². The number of hydrogen-bond acceptors (Lipinski definition) is 4. The number of primary amides is 1. The van der Waals surface area contributed by atoms with Crippen LogP contribution < -0.4 is 11.1 Å². The van der Waals surface area contributed by atoms with E-state index < -0.39 is 5.91 Å². The van der Waals surface area contributed by atoms with E-state index in [0.717, 1.165) is 11.3 Å². The van der Waals surface area contributed by atoms with Gasteiger partial charge >= 0.3 is 0 Å². The summed E-state index contributed by atoms with van der Waals surface area (Å²) >= 11 is 1.05. The van der Waals surface area contributed by atoms with E-state index in [0.29, 0.717) is 15.6 Å². The first-order valence-electron chi connectivity index (χ1n) is 4.79. The van der Waals surface area contributed by atoms with Gasteiger partial charge in [-0.2, -0.15) is 0 Å². The normalized spacial score (nSPS) is 9.88. The molecule has 86 valence electrons. The van der Waals surface area contributed by atoms with Gasteiger partial charge in [0.1, 0.15) is 4.88 Å². The lowest BCUT2D eigenvalue weighted by molar-refractivity contribution is 0.100. The Hall–Kier alpha value is -2.21. The topological polar surface area (TPSA) is 85.1 Å². The van der Waals surface area contributed by atoms with Gasteiger partial charge in [0.25, 0.3) is 11.8 Å². The Morgan fingerprint density at radius 3 is 2.53 bits per heavy atom. The number of nitrogens with two attached hydrogens (primary N) is 1. The maximum atomic E-state index is 11.7. The summed E-state index contributed by atoms with van der Waals surface area (Å²) in [6.45, 7) is 0. The Kier molecular flexibility index (Phi) is 3.15. The van der Waals surface area contributed by atoms with Crippen LogP contribution in [0, 0.1) is 0 Å². The third-order valence-corrected chi connectivity index (χ3v) is 2.93. The molecule has 17 heavy (non-hydrogen) atoms. The van der Waals surface area contributed by atoms with Crippen molar-refractivity contribution in [3.05, 3.63) is 47.0 Å². The smallest absolute Gasteiger partial charge is 0.260 e. The summed E-state index contributed by atoms with van der Waals surface area (Å²) in [6, 6.07) is 8.75. The fourth-order valence-electron chi connectivity index (χ4n) is 1.20. The van der Waals surface area contributed by atoms with Crippen molar-refractivity contribution in [2.75, 3.05) is 5.32 Å². The third-order valence-electron chi connectivity index (χ3n) is 2.00. The van der Waals surface area contributed by atoms with Crippen molar-refractivity contribution in [2.24, 2.45) is 5.73 Å². The molecule has 1 aromatic heterocycles. The summed E-state index contributed by atoms with van der Waals surface area (Å²) in [5.41, 5.74) is 5.62. The number of carbonyl (C=O) groups is 2. The molecule has 0 radical (unpaired) electrons. The predicted molar refractivity (Wildman–Crippen MR) is 65.0 cm³/mol. The summed E-state index contributed by atoms with van der Waals surface area (Å²) in [5.74, 6) is -0.821. The molecule has 0 aliphatic carbocycles. The van der Waals surface area contributed by atoms with Gasteiger partial charge < -0.3 is 5.73 Å². The average Bonchev–Trinajstić information content (AvgIpc) is 2.79. The summed E-state index contributed by atoms with van der Waals surface area (Å²) in [6.07, 6.45) is 1.34. The minimum Gasteiger partial charge on any atom is -0.365 e. The molecular formula is C11H9N3O2S. The zero-order valence-electron chi connectivity index (χ0n) is 8.71. The van der Waals surface area contributed by atoms with Gasteiger partial charge in [0.05, 0.1) is 6.20 Å². The van der Waals surface area contributed by atoms with Crippen LogP contribution in [0.25, 0.3) is 0 Å². The Labute approximate surface area is 101 Å². The molecule has 1 heterocycles. The number of thiazole rings is 1. The Morgan fingerprint density at radius 1 is 1.24 bits per heavy atom. The molecule has 3 N–H and O–H groups in total. The Morgan fingerprint density at radius 2 is 1.94 bits per heavy atom. The predicted octanol–water partition coefficient (Wildman–Crippen LogP) is 1.49. The van der Waals surface area contributed by atoms with Crippen molar-refractivity contribution in [2.45, 2.75) is 0 Å². The van der Waals surface area contributed by atoms with Crippen LogP contribution in [-0.2, 0) is 0 Å². The molecule has 0 unspecified atom stereocenters. The van der Waals surface area contributed by atoms with Crippen LogP contribution in [0.3, 0.4) is 0 Å². The molecule has 2 amide bonds. The van der Waals surface area contributed by atoms with E-state index in [9.17, 15) is 9.59 Å². The van der Waals surface area contributed by atoms with Crippen molar-refractivity contribution >= 4 is 28.3 Å². The second-order valence-corrected chi connectivity index (χ2v) is 4.24. The SMILES string of the molecule is NC(=O)c1cnc(NC(=O)c2ccccc2)s1. The zero-order chi connectivity index (χ0) is 12.3. The molecule has 2 rings (SSSR count). The number of rotatable bonds is 3. The van der Waals surface area contributed by atoms with Gasteiger partial charge in [-0.05, 0) is 12.1 Å². The molecule has 5 nitrogen and oxygen atoms in total. The number of nitrogens with one attached hydrogen (secondary N) is 1. The van der Waals surface area contributed by atoms with Crippen LogP contribution in [0.4, 0.5) is 5.13 Å². The van der Waals surface area contributed by atoms with Gasteiger partial charge in [0.2, 0.25) is 0 Å². The van der Waals surface area contributed by atoms with Gasteiger partial charge in [-0.15, -0.1) is 0 Å². The fourth-order valence-corrected chi connectivity index (χ4v) is 1.87. The summed E-state index contributed by atoms with van der Waals surface area (Å²) < 4.78 is 0. The van der Waals surface area contributed by atoms with Crippen LogP contribution in [0.1, 0.15) is 20.0 Å². The molecule has 0 aliphatic heterocycles. The van der Waals surface area contributed by atoms with Crippen LogP contribution in [-0.4, -0.2) is 16.8 Å². The lowest BCUT2D eigenvalue weighted by atomic mass is 10.2. The molecule has 0 spiro atoms. The second kappa shape index (κ2) is 4.75. The van der Waals surface area contributed by atoms with Crippen molar-refractivity contribution < 1.29 is 9.59 Å². The number of benzene rings is 1. The quantitative estimate of drug-likeness (QED) is 0.861. The molecule has 2 aromatic rings. The minimum absolute atomic E-state index is 0.268. The van der Waals surface area contributed by atoms with Gasteiger partial charge in [-0.1, -0.05) is 29.5 Å². The highest BCUT2D eigenvalue weighted by atomic mass is 32.1. The first-order valence-corrected chi connectivity index (χ1v) is 5.60. The number of hydrogen-bond donors (Lipinski definition) is 2. The van der Waals surface area contributed by atoms with E-state index in [1.807, 2.05) is 6.07 Å². The van der Waals surface area contributed by atoms with Crippen molar-refractivity contribution in [1.29, 1.82) is 0 Å². The molecule has 0 bridgehead atoms. The van der Waals surface area contributed by atoms with Gasteiger partial charge in [-0.25, -0.2) is 4.98 Å².